The van der Waals surface area contributed by atoms with Crippen LogP contribution in [0.4, 0.5) is 0 Å². The van der Waals surface area contributed by atoms with Crippen molar-refractivity contribution in [2.24, 2.45) is 15.9 Å². The van der Waals surface area contributed by atoms with Gasteiger partial charge in [-0.3, -0.25) is 9.79 Å². The van der Waals surface area contributed by atoms with E-state index in [1.165, 1.54) is 13.3 Å². The molecule has 3 N–H and O–H groups in total. The van der Waals surface area contributed by atoms with Crippen molar-refractivity contribution in [1.82, 2.24) is 0 Å². The molecule has 6 heteroatoms. The van der Waals surface area contributed by atoms with Gasteiger partial charge in [0.2, 0.25) is 0 Å². The maximum Gasteiger partial charge on any atom is 0.310 e. The van der Waals surface area contributed by atoms with Crippen LogP contribution in [0.3, 0.4) is 0 Å². The Hall–Kier alpha value is -1.85. The van der Waals surface area contributed by atoms with Crippen molar-refractivity contribution >= 4 is 18.0 Å². The number of hydrogen-bond acceptors (Lipinski definition) is 5. The number of carbonyl (C=O) groups is 1. The lowest BCUT2D eigenvalue weighted by atomic mass is 10.2. The van der Waals surface area contributed by atoms with Crippen LogP contribution in [0.2, 0.25) is 0 Å². The van der Waals surface area contributed by atoms with Gasteiger partial charge in [0.1, 0.15) is 6.04 Å². The molecule has 1 unspecified atom stereocenters. The molecule has 0 saturated heterocycles. The maximum absolute atomic E-state index is 11.0. The van der Waals surface area contributed by atoms with Crippen molar-refractivity contribution in [3.8, 4) is 0 Å². The molecule has 0 aliphatic carbocycles. The SMILES string of the molecule is CC=C(C=NC(C)C(N)=NO)CC(=O)OC. The fraction of sp³-hybridized carbons (Fsp3) is 0.500. The van der Waals surface area contributed by atoms with Crippen LogP contribution in [0.1, 0.15) is 20.3 Å². The number of allylic oxidation sites excluding steroid dienone is 1. The molecule has 0 radical (unpaired) electrons. The summed E-state index contributed by atoms with van der Waals surface area (Å²) in [6.45, 7) is 3.47. The molecule has 0 aromatic heterocycles. The Morgan fingerprint density at radius 2 is 2.25 bits per heavy atom. The minimum absolute atomic E-state index is 0.0183. The Bertz CT molecular complexity index is 321. The lowest BCUT2D eigenvalue weighted by molar-refractivity contribution is -0.139. The van der Waals surface area contributed by atoms with Gasteiger partial charge in [-0.2, -0.15) is 0 Å². The number of rotatable bonds is 5. The van der Waals surface area contributed by atoms with Crippen LogP contribution in [0, 0.1) is 0 Å². The Kier molecular flexibility index (Phi) is 6.58. The lowest BCUT2D eigenvalue weighted by Crippen LogP contribution is -2.24. The number of hydrogen-bond donors (Lipinski definition) is 2. The molecule has 0 heterocycles. The molecular formula is C10H17N3O3. The Morgan fingerprint density at radius 3 is 2.69 bits per heavy atom. The molecule has 0 rings (SSSR count). The van der Waals surface area contributed by atoms with Crippen molar-refractivity contribution in [2.45, 2.75) is 26.3 Å². The topological polar surface area (TPSA) is 97.3 Å². The quantitative estimate of drug-likeness (QED) is 0.237. The first-order chi connectivity index (χ1) is 7.54. The monoisotopic (exact) mass is 227 g/mol. The predicted molar refractivity (Wildman–Crippen MR) is 61.8 cm³/mol. The molecule has 90 valence electrons. The standard InChI is InChI=1S/C10H17N3O3/c1-4-8(5-9(14)16-3)6-12-7(2)10(11)13-15/h4,6-7,15H,5H2,1-3H3,(H2,11,13). The number of methoxy groups -OCH3 is 1. The molecule has 16 heavy (non-hydrogen) atoms. The molecule has 0 fully saturated rings. The second-order valence-corrected chi connectivity index (χ2v) is 3.10. The zero-order chi connectivity index (χ0) is 12.6. The summed E-state index contributed by atoms with van der Waals surface area (Å²) in [4.78, 5) is 15.0. The molecule has 0 aliphatic rings. The lowest BCUT2D eigenvalue weighted by Gasteiger charge is -2.04. The number of oxime groups is 1. The number of aliphatic imine (C=N–C) groups is 1. The predicted octanol–water partition coefficient (Wildman–Crippen LogP) is 0.702. The van der Waals surface area contributed by atoms with E-state index in [2.05, 4.69) is 14.9 Å². The molecule has 0 aromatic carbocycles. The van der Waals surface area contributed by atoms with E-state index in [-0.39, 0.29) is 18.2 Å². The number of carbonyl (C=O) groups excluding carboxylic acids is 1. The first-order valence-electron chi connectivity index (χ1n) is 4.77. The number of nitrogens with zero attached hydrogens (tertiary/aromatic N) is 2. The van der Waals surface area contributed by atoms with Crippen LogP contribution in [0.5, 0.6) is 0 Å². The average Bonchev–Trinajstić information content (AvgIpc) is 2.32. The Labute approximate surface area is 94.5 Å². The van der Waals surface area contributed by atoms with E-state index in [0.717, 1.165) is 0 Å². The summed E-state index contributed by atoms with van der Waals surface area (Å²) in [6.07, 6.45) is 3.42. The first kappa shape index (κ1) is 14.2. The molecule has 0 spiro atoms. The minimum atomic E-state index is -0.433. The summed E-state index contributed by atoms with van der Waals surface area (Å²) >= 11 is 0. The van der Waals surface area contributed by atoms with Crippen molar-refractivity contribution in [1.29, 1.82) is 0 Å². The van der Waals surface area contributed by atoms with Gasteiger partial charge >= 0.3 is 5.97 Å². The van der Waals surface area contributed by atoms with Crippen LogP contribution in [-0.4, -0.2) is 36.4 Å². The molecule has 0 aromatic rings. The number of amidine groups is 1. The average molecular weight is 227 g/mol. The molecular weight excluding hydrogens is 210 g/mol. The zero-order valence-corrected chi connectivity index (χ0v) is 9.67. The van der Waals surface area contributed by atoms with Gasteiger partial charge in [0.05, 0.1) is 13.5 Å². The highest BCUT2D eigenvalue weighted by atomic mass is 16.5. The normalized spacial score (nSPS) is 15.2. The highest BCUT2D eigenvalue weighted by molar-refractivity contribution is 5.90. The van der Waals surface area contributed by atoms with Gasteiger partial charge in [0, 0.05) is 6.21 Å². The highest BCUT2D eigenvalue weighted by Crippen LogP contribution is 2.01. The van der Waals surface area contributed by atoms with Gasteiger partial charge in [0.25, 0.3) is 0 Å². The van der Waals surface area contributed by atoms with E-state index in [4.69, 9.17) is 10.9 Å². The van der Waals surface area contributed by atoms with Crippen molar-refractivity contribution in [3.63, 3.8) is 0 Å². The summed E-state index contributed by atoms with van der Waals surface area (Å²) in [5.74, 6) is -0.319. The summed E-state index contributed by atoms with van der Waals surface area (Å²) in [5, 5.41) is 11.3. The first-order valence-corrected chi connectivity index (χ1v) is 4.77. The molecule has 0 aliphatic heterocycles. The van der Waals surface area contributed by atoms with Gasteiger partial charge in [-0.1, -0.05) is 11.2 Å². The molecule has 0 amide bonds. The summed E-state index contributed by atoms with van der Waals surface area (Å²) < 4.78 is 4.53. The number of ether oxygens (including phenoxy) is 1. The largest absolute Gasteiger partial charge is 0.469 e. The van der Waals surface area contributed by atoms with Crippen molar-refractivity contribution < 1.29 is 14.7 Å². The second kappa shape index (κ2) is 7.44. The summed E-state index contributed by atoms with van der Waals surface area (Å²) in [6, 6.07) is -0.433. The number of nitrogens with two attached hydrogens (primary N) is 1. The van der Waals surface area contributed by atoms with E-state index in [1.54, 1.807) is 19.9 Å². The van der Waals surface area contributed by atoms with Gasteiger partial charge in [-0.05, 0) is 19.4 Å². The Morgan fingerprint density at radius 1 is 1.62 bits per heavy atom. The Balaban J connectivity index is 4.45. The fourth-order valence-corrected chi connectivity index (χ4v) is 0.829. The van der Waals surface area contributed by atoms with E-state index in [0.29, 0.717) is 5.57 Å². The van der Waals surface area contributed by atoms with E-state index >= 15 is 0 Å². The highest BCUT2D eigenvalue weighted by Gasteiger charge is 2.06. The van der Waals surface area contributed by atoms with Crippen molar-refractivity contribution in [3.05, 3.63) is 11.6 Å². The summed E-state index contributed by atoms with van der Waals surface area (Å²) in [5.41, 5.74) is 6.06. The third-order valence-electron chi connectivity index (χ3n) is 1.95. The van der Waals surface area contributed by atoms with Crippen LogP contribution >= 0.6 is 0 Å². The van der Waals surface area contributed by atoms with Crippen LogP contribution in [0.15, 0.2) is 21.8 Å². The minimum Gasteiger partial charge on any atom is -0.469 e. The maximum atomic E-state index is 11.0. The van der Waals surface area contributed by atoms with Gasteiger partial charge < -0.3 is 15.7 Å². The van der Waals surface area contributed by atoms with E-state index in [9.17, 15) is 4.79 Å². The van der Waals surface area contributed by atoms with E-state index < -0.39 is 6.04 Å². The number of esters is 1. The molecule has 1 atom stereocenters. The van der Waals surface area contributed by atoms with E-state index in [1.807, 2.05) is 0 Å². The van der Waals surface area contributed by atoms with Crippen LogP contribution in [-0.2, 0) is 9.53 Å². The van der Waals surface area contributed by atoms with Crippen molar-refractivity contribution in [2.75, 3.05) is 7.11 Å². The zero-order valence-electron chi connectivity index (χ0n) is 9.67. The third kappa shape index (κ3) is 5.14. The van der Waals surface area contributed by atoms with Crippen LogP contribution < -0.4 is 5.73 Å². The second-order valence-electron chi connectivity index (χ2n) is 3.10. The fourth-order valence-electron chi connectivity index (χ4n) is 0.829. The van der Waals surface area contributed by atoms with Gasteiger partial charge in [-0.15, -0.1) is 0 Å². The summed E-state index contributed by atoms with van der Waals surface area (Å²) in [7, 11) is 1.33. The van der Waals surface area contributed by atoms with Gasteiger partial charge in [0.15, 0.2) is 5.84 Å². The molecule has 6 nitrogen and oxygen atoms in total. The van der Waals surface area contributed by atoms with Gasteiger partial charge in [-0.25, -0.2) is 0 Å². The van der Waals surface area contributed by atoms with Crippen LogP contribution in [0.25, 0.3) is 0 Å². The third-order valence-corrected chi connectivity index (χ3v) is 1.95. The molecule has 0 bridgehead atoms. The smallest absolute Gasteiger partial charge is 0.310 e. The molecule has 0 saturated carbocycles.